The van der Waals surface area contributed by atoms with Crippen molar-refractivity contribution in [1.82, 2.24) is 0 Å². The Balaban J connectivity index is 2.97. The van der Waals surface area contributed by atoms with Crippen LogP contribution in [0.1, 0.15) is 52.4 Å². The van der Waals surface area contributed by atoms with E-state index in [1.165, 1.54) is 12.8 Å². The van der Waals surface area contributed by atoms with Crippen LogP contribution in [0.3, 0.4) is 0 Å². The Labute approximate surface area is 63.8 Å². The first kappa shape index (κ1) is 9.93. The molecule has 0 heterocycles. The lowest BCUT2D eigenvalue weighted by Crippen LogP contribution is -1.98. The Morgan fingerprint density at radius 2 is 1.70 bits per heavy atom. The fraction of sp³-hybridized carbons (Fsp3) is 1.00. The van der Waals surface area contributed by atoms with E-state index in [1.54, 1.807) is 0 Å². The van der Waals surface area contributed by atoms with Gasteiger partial charge < -0.3 is 0 Å². The summed E-state index contributed by atoms with van der Waals surface area (Å²) in [5, 5.41) is 0. The van der Waals surface area contributed by atoms with Gasteiger partial charge in [-0.05, 0) is 12.8 Å². The number of hydrogen-bond acceptors (Lipinski definition) is 0. The van der Waals surface area contributed by atoms with Crippen molar-refractivity contribution in [3.05, 3.63) is 0 Å². The fourth-order valence-corrected chi connectivity index (χ4v) is 1.07. The predicted molar refractivity (Wildman–Crippen MR) is 43.9 cm³/mol. The SMILES string of the molecule is CCCCCC(F)CCC. The van der Waals surface area contributed by atoms with Crippen LogP contribution < -0.4 is 0 Å². The molecule has 0 aromatic rings. The van der Waals surface area contributed by atoms with E-state index >= 15 is 0 Å². The zero-order valence-electron chi connectivity index (χ0n) is 7.20. The first-order valence-corrected chi connectivity index (χ1v) is 4.45. The summed E-state index contributed by atoms with van der Waals surface area (Å²) in [6.45, 7) is 4.18. The van der Waals surface area contributed by atoms with E-state index in [9.17, 15) is 4.39 Å². The molecule has 0 aromatic heterocycles. The van der Waals surface area contributed by atoms with E-state index in [4.69, 9.17) is 0 Å². The topological polar surface area (TPSA) is 0 Å². The third kappa shape index (κ3) is 6.06. The van der Waals surface area contributed by atoms with Gasteiger partial charge in [-0.15, -0.1) is 0 Å². The molecule has 0 aliphatic heterocycles. The monoisotopic (exact) mass is 146 g/mol. The minimum absolute atomic E-state index is 0.531. The van der Waals surface area contributed by atoms with E-state index in [-0.39, 0.29) is 0 Å². The van der Waals surface area contributed by atoms with Crippen LogP contribution in [0.15, 0.2) is 0 Å². The maximum Gasteiger partial charge on any atom is 0.100 e. The molecule has 0 rings (SSSR count). The van der Waals surface area contributed by atoms with E-state index in [1.807, 2.05) is 6.92 Å². The maximum absolute atomic E-state index is 12.7. The second-order valence-electron chi connectivity index (χ2n) is 2.88. The smallest absolute Gasteiger partial charge is 0.100 e. The van der Waals surface area contributed by atoms with E-state index < -0.39 is 6.17 Å². The van der Waals surface area contributed by atoms with Crippen molar-refractivity contribution in [3.63, 3.8) is 0 Å². The summed E-state index contributed by atoms with van der Waals surface area (Å²) in [6, 6.07) is 0. The molecule has 0 amide bonds. The average molecular weight is 146 g/mol. The van der Waals surface area contributed by atoms with Gasteiger partial charge in [-0.2, -0.15) is 0 Å². The van der Waals surface area contributed by atoms with Gasteiger partial charge in [0, 0.05) is 0 Å². The lowest BCUT2D eigenvalue weighted by Gasteiger charge is -2.04. The second kappa shape index (κ2) is 7.04. The molecule has 0 aliphatic rings. The minimum Gasteiger partial charge on any atom is -0.247 e. The van der Waals surface area contributed by atoms with Crippen LogP contribution in [-0.2, 0) is 0 Å². The van der Waals surface area contributed by atoms with Crippen LogP contribution >= 0.6 is 0 Å². The van der Waals surface area contributed by atoms with Crippen molar-refractivity contribution in [3.8, 4) is 0 Å². The summed E-state index contributed by atoms with van der Waals surface area (Å²) in [4.78, 5) is 0. The molecule has 1 atom stereocenters. The Kier molecular flexibility index (Phi) is 6.99. The molecule has 0 radical (unpaired) electrons. The normalized spacial score (nSPS) is 13.5. The van der Waals surface area contributed by atoms with Crippen molar-refractivity contribution in [2.75, 3.05) is 0 Å². The van der Waals surface area contributed by atoms with E-state index in [2.05, 4.69) is 6.92 Å². The molecule has 0 aromatic carbocycles. The molecule has 0 bridgehead atoms. The van der Waals surface area contributed by atoms with Gasteiger partial charge in [-0.25, -0.2) is 4.39 Å². The molecule has 0 saturated heterocycles. The quantitative estimate of drug-likeness (QED) is 0.501. The highest BCUT2D eigenvalue weighted by atomic mass is 19.1. The molecule has 0 N–H and O–H groups in total. The number of alkyl halides is 1. The van der Waals surface area contributed by atoms with Gasteiger partial charge >= 0.3 is 0 Å². The molecule has 62 valence electrons. The average Bonchev–Trinajstić information content (AvgIpc) is 1.89. The first-order chi connectivity index (χ1) is 4.81. The van der Waals surface area contributed by atoms with Crippen LogP contribution in [0.5, 0.6) is 0 Å². The summed E-state index contributed by atoms with van der Waals surface area (Å²) in [6.07, 6.45) is 5.43. The summed E-state index contributed by atoms with van der Waals surface area (Å²) in [7, 11) is 0. The molecule has 0 spiro atoms. The first-order valence-electron chi connectivity index (χ1n) is 4.45. The molecule has 0 nitrogen and oxygen atoms in total. The number of rotatable bonds is 6. The van der Waals surface area contributed by atoms with Crippen LogP contribution in [0, 0.1) is 0 Å². The van der Waals surface area contributed by atoms with E-state index in [0.717, 1.165) is 25.7 Å². The molecular weight excluding hydrogens is 127 g/mol. The van der Waals surface area contributed by atoms with Crippen LogP contribution in [-0.4, -0.2) is 6.17 Å². The molecule has 1 heteroatoms. The van der Waals surface area contributed by atoms with Gasteiger partial charge in [0.05, 0.1) is 0 Å². The van der Waals surface area contributed by atoms with Crippen molar-refractivity contribution in [1.29, 1.82) is 0 Å². The Morgan fingerprint density at radius 1 is 1.00 bits per heavy atom. The third-order valence-electron chi connectivity index (χ3n) is 1.72. The zero-order valence-corrected chi connectivity index (χ0v) is 7.20. The summed E-state index contributed by atoms with van der Waals surface area (Å²) in [5.74, 6) is 0. The van der Waals surface area contributed by atoms with Crippen LogP contribution in [0.2, 0.25) is 0 Å². The number of hydrogen-bond donors (Lipinski definition) is 0. The Bertz CT molecular complexity index is 61.7. The summed E-state index contributed by atoms with van der Waals surface area (Å²) < 4.78 is 12.7. The van der Waals surface area contributed by atoms with Crippen LogP contribution in [0.25, 0.3) is 0 Å². The van der Waals surface area contributed by atoms with Gasteiger partial charge in [0.25, 0.3) is 0 Å². The van der Waals surface area contributed by atoms with Crippen molar-refractivity contribution < 1.29 is 4.39 Å². The largest absolute Gasteiger partial charge is 0.247 e. The maximum atomic E-state index is 12.7. The van der Waals surface area contributed by atoms with Gasteiger partial charge in [0.1, 0.15) is 6.17 Å². The highest BCUT2D eigenvalue weighted by molar-refractivity contribution is 4.54. The lowest BCUT2D eigenvalue weighted by atomic mass is 10.1. The highest BCUT2D eigenvalue weighted by Gasteiger charge is 2.02. The van der Waals surface area contributed by atoms with Gasteiger partial charge in [-0.1, -0.05) is 39.5 Å². The Morgan fingerprint density at radius 3 is 2.20 bits per heavy atom. The van der Waals surface area contributed by atoms with Crippen LogP contribution in [0.4, 0.5) is 4.39 Å². The number of halogens is 1. The molecule has 0 saturated carbocycles. The molecule has 0 fully saturated rings. The summed E-state index contributed by atoms with van der Waals surface area (Å²) in [5.41, 5.74) is 0. The van der Waals surface area contributed by atoms with Crippen molar-refractivity contribution >= 4 is 0 Å². The van der Waals surface area contributed by atoms with E-state index in [0.29, 0.717) is 0 Å². The molecule has 10 heavy (non-hydrogen) atoms. The van der Waals surface area contributed by atoms with Crippen molar-refractivity contribution in [2.24, 2.45) is 0 Å². The molecule has 0 aliphatic carbocycles. The minimum atomic E-state index is -0.531. The molecular formula is C9H19F. The second-order valence-corrected chi connectivity index (χ2v) is 2.88. The van der Waals surface area contributed by atoms with Crippen molar-refractivity contribution in [2.45, 2.75) is 58.5 Å². The highest BCUT2D eigenvalue weighted by Crippen LogP contribution is 2.10. The predicted octanol–water partition coefficient (Wildman–Crippen LogP) is 3.70. The summed E-state index contributed by atoms with van der Waals surface area (Å²) >= 11 is 0. The third-order valence-corrected chi connectivity index (χ3v) is 1.72. The fourth-order valence-electron chi connectivity index (χ4n) is 1.07. The number of unbranched alkanes of at least 4 members (excludes halogenated alkanes) is 2. The van der Waals surface area contributed by atoms with Gasteiger partial charge in [-0.3, -0.25) is 0 Å². The zero-order chi connectivity index (χ0) is 7.82. The van der Waals surface area contributed by atoms with Gasteiger partial charge in [0.2, 0.25) is 0 Å². The Hall–Kier alpha value is -0.0700. The molecule has 1 unspecified atom stereocenters. The standard InChI is InChI=1S/C9H19F/c1-3-5-6-8-9(10)7-4-2/h9H,3-8H2,1-2H3. The van der Waals surface area contributed by atoms with Gasteiger partial charge in [0.15, 0.2) is 0 Å². The lowest BCUT2D eigenvalue weighted by molar-refractivity contribution is 0.286.